The van der Waals surface area contributed by atoms with E-state index in [-0.39, 0.29) is 6.10 Å². The number of nitrogens with one attached hydrogen (secondary N) is 1. The van der Waals surface area contributed by atoms with Gasteiger partial charge >= 0.3 is 12.1 Å². The van der Waals surface area contributed by atoms with Gasteiger partial charge in [0.05, 0.1) is 24.9 Å². The zero-order valence-corrected chi connectivity index (χ0v) is 25.9. The van der Waals surface area contributed by atoms with Crippen molar-refractivity contribution in [2.24, 2.45) is 0 Å². The first-order chi connectivity index (χ1) is 19.9. The molecule has 2 aliphatic rings. The molecular formula is C27H49NO15. The van der Waals surface area contributed by atoms with E-state index in [2.05, 4.69) is 5.32 Å². The molecular weight excluding hydrogens is 578 g/mol. The van der Waals surface area contributed by atoms with Gasteiger partial charge in [0.15, 0.2) is 18.6 Å². The summed E-state index contributed by atoms with van der Waals surface area (Å²) in [5.74, 6) is -1.08. The van der Waals surface area contributed by atoms with Crippen molar-refractivity contribution >= 4 is 12.1 Å². The van der Waals surface area contributed by atoms with E-state index in [9.17, 15) is 40.2 Å². The summed E-state index contributed by atoms with van der Waals surface area (Å²) in [6, 6.07) is -1.54. The van der Waals surface area contributed by atoms with Crippen molar-refractivity contribution in [3.63, 3.8) is 0 Å². The number of aliphatic hydroxyl groups excluding tert-OH is 6. The minimum Gasteiger partial charge on any atom is -0.461 e. The first-order valence-electron chi connectivity index (χ1n) is 14.3. The maximum Gasteiger partial charge on any atom is 0.408 e. The second kappa shape index (κ2) is 16.0. The molecule has 12 atom stereocenters. The topological polar surface area (TPSA) is 232 Å². The Bertz CT molecular complexity index is 879. The molecule has 0 aliphatic carbocycles. The van der Waals surface area contributed by atoms with Crippen LogP contribution in [0.15, 0.2) is 0 Å². The summed E-state index contributed by atoms with van der Waals surface area (Å²) < 4.78 is 38.8. The molecule has 2 rings (SSSR count). The van der Waals surface area contributed by atoms with E-state index in [0.717, 1.165) is 0 Å². The molecule has 2 aliphatic heterocycles. The first kappa shape index (κ1) is 37.5. The third-order valence-electron chi connectivity index (χ3n) is 6.39. The summed E-state index contributed by atoms with van der Waals surface area (Å²) in [5, 5.41) is 65.3. The molecule has 252 valence electrons. The molecule has 0 spiro atoms. The number of rotatable bonds is 12. The van der Waals surface area contributed by atoms with Crippen LogP contribution in [0.1, 0.15) is 55.4 Å². The van der Waals surface area contributed by atoms with E-state index in [4.69, 9.17) is 33.2 Å². The third kappa shape index (κ3) is 10.7. The van der Waals surface area contributed by atoms with Gasteiger partial charge in [0, 0.05) is 0 Å². The fraction of sp³-hybridized carbons (Fsp3) is 0.926. The number of hydrogen-bond donors (Lipinski definition) is 7. The Kier molecular flexibility index (Phi) is 14.0. The molecule has 43 heavy (non-hydrogen) atoms. The molecule has 16 heteroatoms. The Labute approximate surface area is 251 Å². The smallest absolute Gasteiger partial charge is 0.408 e. The molecule has 0 aromatic heterocycles. The zero-order chi connectivity index (χ0) is 32.8. The van der Waals surface area contributed by atoms with E-state index in [1.165, 1.54) is 6.92 Å². The van der Waals surface area contributed by atoms with E-state index >= 15 is 0 Å². The maximum atomic E-state index is 12.9. The van der Waals surface area contributed by atoms with Crippen molar-refractivity contribution in [1.82, 2.24) is 5.32 Å². The number of alkyl carbamates (subject to hydrolysis) is 1. The summed E-state index contributed by atoms with van der Waals surface area (Å²) in [6.07, 6.45) is -18.0. The number of ether oxygens (including phenoxy) is 7. The summed E-state index contributed by atoms with van der Waals surface area (Å²) in [4.78, 5) is 25.1. The van der Waals surface area contributed by atoms with Gasteiger partial charge in [-0.1, -0.05) is 0 Å². The van der Waals surface area contributed by atoms with Crippen LogP contribution in [0.2, 0.25) is 0 Å². The quantitative estimate of drug-likeness (QED) is 0.119. The van der Waals surface area contributed by atoms with Crippen LogP contribution >= 0.6 is 0 Å². The normalized spacial score (nSPS) is 35.0. The van der Waals surface area contributed by atoms with E-state index in [1.54, 1.807) is 48.5 Å². The molecule has 0 aromatic carbocycles. The van der Waals surface area contributed by atoms with Gasteiger partial charge in [0.1, 0.15) is 61.0 Å². The fourth-order valence-corrected chi connectivity index (χ4v) is 4.46. The van der Waals surface area contributed by atoms with Crippen molar-refractivity contribution in [3.8, 4) is 0 Å². The molecule has 0 saturated carbocycles. The molecule has 2 heterocycles. The van der Waals surface area contributed by atoms with E-state index < -0.39 is 111 Å². The molecule has 16 nitrogen and oxygen atoms in total. The second-order valence-corrected chi connectivity index (χ2v) is 12.2. The van der Waals surface area contributed by atoms with Gasteiger partial charge in [-0.3, -0.25) is 0 Å². The van der Waals surface area contributed by atoms with Gasteiger partial charge in [-0.25, -0.2) is 9.59 Å². The van der Waals surface area contributed by atoms with Gasteiger partial charge in [0.25, 0.3) is 0 Å². The van der Waals surface area contributed by atoms with E-state index in [1.807, 2.05) is 0 Å². The predicted octanol–water partition coefficient (Wildman–Crippen LogP) is -1.71. The monoisotopic (exact) mass is 627 g/mol. The molecule has 2 fully saturated rings. The summed E-state index contributed by atoms with van der Waals surface area (Å²) >= 11 is 0. The molecule has 2 saturated heterocycles. The highest BCUT2D eigenvalue weighted by atomic mass is 16.7. The lowest BCUT2D eigenvalue weighted by Crippen LogP contribution is -2.65. The largest absolute Gasteiger partial charge is 0.461 e. The SMILES string of the molecule is CC(C)OC1OC(COC(=O)C(NC(=O)OC(C)(C)C)C(C)O)C(OC2OC(CO)C(OC(C)C)C(O)C2O)C(O)C1O. The highest BCUT2D eigenvalue weighted by molar-refractivity contribution is 5.82. The molecule has 7 N–H and O–H groups in total. The van der Waals surface area contributed by atoms with E-state index in [0.29, 0.717) is 0 Å². The number of aliphatic hydroxyl groups is 6. The Morgan fingerprint density at radius 1 is 0.814 bits per heavy atom. The maximum absolute atomic E-state index is 12.9. The summed E-state index contributed by atoms with van der Waals surface area (Å²) in [5.41, 5.74) is -0.880. The minimum atomic E-state index is -1.74. The first-order valence-corrected chi connectivity index (χ1v) is 14.3. The molecule has 1 amide bonds. The molecule has 0 aromatic rings. The van der Waals surface area contributed by atoms with Gasteiger partial charge < -0.3 is 69.1 Å². The number of esters is 1. The summed E-state index contributed by atoms with van der Waals surface area (Å²) in [6.45, 7) is 11.6. The van der Waals surface area contributed by atoms with Crippen LogP contribution in [0.25, 0.3) is 0 Å². The summed E-state index contributed by atoms with van der Waals surface area (Å²) in [7, 11) is 0. The lowest BCUT2D eigenvalue weighted by atomic mass is 9.96. The highest BCUT2D eigenvalue weighted by Crippen LogP contribution is 2.31. The minimum absolute atomic E-state index is 0.377. The number of hydrogen-bond acceptors (Lipinski definition) is 15. The van der Waals surface area contributed by atoms with Crippen LogP contribution in [0, 0.1) is 0 Å². The average Bonchev–Trinajstić information content (AvgIpc) is 2.88. The second-order valence-electron chi connectivity index (χ2n) is 12.2. The zero-order valence-electron chi connectivity index (χ0n) is 25.9. The van der Waals surface area contributed by atoms with Crippen LogP contribution in [-0.4, -0.2) is 147 Å². The highest BCUT2D eigenvalue weighted by Gasteiger charge is 2.52. The van der Waals surface area contributed by atoms with Crippen LogP contribution in [0.5, 0.6) is 0 Å². The van der Waals surface area contributed by atoms with Gasteiger partial charge in [-0.05, 0) is 55.4 Å². The van der Waals surface area contributed by atoms with Crippen LogP contribution in [0.3, 0.4) is 0 Å². The third-order valence-corrected chi connectivity index (χ3v) is 6.39. The number of carbonyl (C=O) groups excluding carboxylic acids is 2. The Morgan fingerprint density at radius 3 is 1.86 bits per heavy atom. The fourth-order valence-electron chi connectivity index (χ4n) is 4.46. The van der Waals surface area contributed by atoms with Gasteiger partial charge in [0.2, 0.25) is 0 Å². The van der Waals surface area contributed by atoms with Crippen molar-refractivity contribution in [1.29, 1.82) is 0 Å². The van der Waals surface area contributed by atoms with Crippen molar-refractivity contribution < 1.29 is 73.4 Å². The number of amides is 1. The van der Waals surface area contributed by atoms with Crippen LogP contribution in [-0.2, 0) is 38.0 Å². The van der Waals surface area contributed by atoms with Crippen LogP contribution in [0.4, 0.5) is 4.79 Å². The van der Waals surface area contributed by atoms with Crippen LogP contribution < -0.4 is 5.32 Å². The molecule has 0 radical (unpaired) electrons. The Balaban J connectivity index is 2.25. The van der Waals surface area contributed by atoms with Gasteiger partial charge in [-0.2, -0.15) is 0 Å². The predicted molar refractivity (Wildman–Crippen MR) is 145 cm³/mol. The standard InChI is InChI=1S/C27H49NO15/c1-11(2)38-21-14(9-29)40-25(20(34)17(21)31)42-22-15(41-24(39-12(3)4)19(33)18(22)32)10-37-23(35)16(13(5)30)28-26(36)43-27(6,7)8/h11-22,24-25,29-34H,9-10H2,1-8H3,(H,28,36). The lowest BCUT2D eigenvalue weighted by Gasteiger charge is -2.47. The average molecular weight is 628 g/mol. The van der Waals surface area contributed by atoms with Crippen molar-refractivity contribution in [2.45, 2.75) is 147 Å². The molecule has 0 bridgehead atoms. The van der Waals surface area contributed by atoms with Crippen molar-refractivity contribution in [3.05, 3.63) is 0 Å². The Morgan fingerprint density at radius 2 is 1.35 bits per heavy atom. The number of carbonyl (C=O) groups is 2. The Hall–Kier alpha value is -1.70. The van der Waals surface area contributed by atoms with Crippen molar-refractivity contribution in [2.75, 3.05) is 13.2 Å². The van der Waals surface area contributed by atoms with Gasteiger partial charge in [-0.15, -0.1) is 0 Å². The molecule has 12 unspecified atom stereocenters. The lowest BCUT2D eigenvalue weighted by molar-refractivity contribution is -0.365.